The molecule has 12 nitrogen and oxygen atoms in total. The Morgan fingerprint density at radius 1 is 0.484 bits per heavy atom. The minimum absolute atomic E-state index is 0.0295. The molecule has 318 valence electrons. The fraction of sp³-hybridized carbons (Fsp3) is 0.176. The molecule has 0 bridgehead atoms. The van der Waals surface area contributed by atoms with E-state index in [4.69, 9.17) is 18.6 Å². The summed E-state index contributed by atoms with van der Waals surface area (Å²) in [6, 6.07) is 15.5. The Balaban J connectivity index is 1.21. The molecule has 64 heavy (non-hydrogen) atoms. The summed E-state index contributed by atoms with van der Waals surface area (Å²) in [6.45, 7) is 7.90. The van der Waals surface area contributed by atoms with Crippen molar-refractivity contribution in [3.05, 3.63) is 105 Å². The van der Waals surface area contributed by atoms with Crippen molar-refractivity contribution in [2.45, 2.75) is 59.8 Å². The van der Waals surface area contributed by atoms with Gasteiger partial charge in [-0.2, -0.15) is 0 Å². The number of aromatic hydroxyl groups is 6. The Labute approximate surface area is 364 Å². The first kappa shape index (κ1) is 37.9. The average Bonchev–Trinajstić information content (AvgIpc) is 3.21. The summed E-state index contributed by atoms with van der Waals surface area (Å²) in [5.74, 6) is -2.58. The SMILES string of the molecule is CC[C@H](C)c1cc(O)c2c(c1)-c1c3c4c(cc(O)cc4c4c(C)cc(O)c(c14)C2=O)O[B-]1(Oc2cc(O)cc4c2c(c2c5c(c(O)cc(C)c54)C(=O)c4c(O)cc(C(C)C)cc4-2)O1)O3. The predicted molar refractivity (Wildman–Crippen MR) is 241 cm³/mol. The maximum Gasteiger partial charge on any atom is 0.777 e. The number of hydrogen-bond donors (Lipinski definition) is 6. The summed E-state index contributed by atoms with van der Waals surface area (Å²) >= 11 is 0. The van der Waals surface area contributed by atoms with Gasteiger partial charge in [-0.3, -0.25) is 9.59 Å². The van der Waals surface area contributed by atoms with Gasteiger partial charge in [-0.1, -0.05) is 27.7 Å². The minimum Gasteiger partial charge on any atom is -0.610 e. The molecular weight excluding hydrogens is 815 g/mol. The Morgan fingerprint density at radius 3 is 1.34 bits per heavy atom. The van der Waals surface area contributed by atoms with E-state index in [1.807, 2.05) is 39.8 Å². The van der Waals surface area contributed by atoms with Crippen LogP contribution < -0.4 is 18.6 Å². The standard InChI is InChI=1S/C51H38BO12/c1-7-19(4)23-11-27-39(33(58)13-23)49(60)45-31(56)9-21(6)37-29-15-25(54)17-35-41(29)51(43(27)47(37)45)64-52(62-35)61-34-16-24(53)14-28-36-20(5)8-30(55)44-46(36)42(50(63-52)40(28)34)26-10-22(18(2)3)12-32(57)38(26)48(44)59/h8-19,53-58H,7H2,1-6H3/q-1/t19-,52?/m0/s1. The van der Waals surface area contributed by atoms with Gasteiger partial charge < -0.3 is 49.3 Å². The van der Waals surface area contributed by atoms with Crippen LogP contribution in [-0.2, 0) is 0 Å². The molecule has 0 radical (unpaired) electrons. The molecule has 0 amide bonds. The number of carbonyl (C=O) groups excluding carboxylic acids is 2. The van der Waals surface area contributed by atoms with Gasteiger partial charge in [-0.05, 0) is 114 Å². The molecule has 2 atom stereocenters. The quantitative estimate of drug-likeness (QED) is 0.0729. The molecule has 0 aromatic heterocycles. The molecule has 0 fully saturated rings. The van der Waals surface area contributed by atoms with Crippen LogP contribution >= 0.6 is 0 Å². The summed E-state index contributed by atoms with van der Waals surface area (Å²) in [4.78, 5) is 29.1. The van der Waals surface area contributed by atoms with Crippen LogP contribution in [0, 0.1) is 13.8 Å². The largest absolute Gasteiger partial charge is 0.777 e. The highest BCUT2D eigenvalue weighted by atomic mass is 16.9. The number of benzene rings is 8. The van der Waals surface area contributed by atoms with Crippen LogP contribution in [0.3, 0.4) is 0 Å². The van der Waals surface area contributed by atoms with Crippen molar-refractivity contribution in [1.82, 2.24) is 0 Å². The van der Waals surface area contributed by atoms with Crippen LogP contribution in [0.1, 0.15) is 100 Å². The zero-order chi connectivity index (χ0) is 44.7. The third-order valence-electron chi connectivity index (χ3n) is 13.8. The van der Waals surface area contributed by atoms with E-state index in [0.29, 0.717) is 76.5 Å². The molecule has 0 saturated carbocycles. The second-order valence-electron chi connectivity index (χ2n) is 17.9. The van der Waals surface area contributed by atoms with Crippen molar-refractivity contribution in [3.8, 4) is 79.7 Å². The number of fused-ring (bicyclic) bond motifs is 8. The summed E-state index contributed by atoms with van der Waals surface area (Å²) in [5, 5.41) is 72.5. The number of phenolic OH excluding ortho intramolecular Hbond substituents is 6. The van der Waals surface area contributed by atoms with Gasteiger partial charge in [0.05, 0.1) is 56.0 Å². The van der Waals surface area contributed by atoms with Gasteiger partial charge in [0.15, 0.2) is 0 Å². The van der Waals surface area contributed by atoms with E-state index < -0.39 is 18.5 Å². The van der Waals surface area contributed by atoms with E-state index in [0.717, 1.165) is 17.5 Å². The fourth-order valence-corrected chi connectivity index (χ4v) is 10.7. The molecular formula is C51H38BO12-. The number of hydrogen-bond acceptors (Lipinski definition) is 12. The summed E-state index contributed by atoms with van der Waals surface area (Å²) < 4.78 is 27.6. The Hall–Kier alpha value is -7.80. The van der Waals surface area contributed by atoms with Crippen molar-refractivity contribution in [2.75, 3.05) is 0 Å². The summed E-state index contributed by atoms with van der Waals surface area (Å²) in [5.41, 5.74) is 3.75. The van der Waals surface area contributed by atoms with Gasteiger partial charge in [-0.15, -0.1) is 0 Å². The summed E-state index contributed by atoms with van der Waals surface area (Å²) in [7, 11) is 0. The van der Waals surface area contributed by atoms with E-state index in [1.165, 1.54) is 42.5 Å². The first-order chi connectivity index (χ1) is 30.5. The number of rotatable bonds is 3. The van der Waals surface area contributed by atoms with Crippen molar-refractivity contribution < 1.29 is 58.8 Å². The summed E-state index contributed by atoms with van der Waals surface area (Å²) in [6.07, 6.45) is 0.725. The lowest BCUT2D eigenvalue weighted by molar-refractivity contribution is 0.102. The molecule has 6 N–H and O–H groups in total. The molecule has 13 heteroatoms. The highest BCUT2D eigenvalue weighted by molar-refractivity contribution is 6.60. The highest BCUT2D eigenvalue weighted by Crippen LogP contribution is 2.61. The van der Waals surface area contributed by atoms with E-state index in [-0.39, 0.29) is 91.6 Å². The maximum absolute atomic E-state index is 14.6. The third-order valence-corrected chi connectivity index (χ3v) is 13.8. The van der Waals surface area contributed by atoms with Crippen LogP contribution in [0.25, 0.3) is 65.3 Å². The molecule has 2 aliphatic heterocycles. The van der Waals surface area contributed by atoms with Gasteiger partial charge in [-0.25, -0.2) is 0 Å². The van der Waals surface area contributed by atoms with E-state index >= 15 is 0 Å². The monoisotopic (exact) mass is 853 g/mol. The molecule has 4 aliphatic rings. The van der Waals surface area contributed by atoms with Gasteiger partial charge >= 0.3 is 6.96 Å². The predicted octanol–water partition coefficient (Wildman–Crippen LogP) is 10.9. The molecule has 12 rings (SSSR count). The number of carbonyl (C=O) groups is 2. The van der Waals surface area contributed by atoms with Gasteiger partial charge in [0.1, 0.15) is 34.5 Å². The van der Waals surface area contributed by atoms with E-state index in [2.05, 4.69) is 0 Å². The second-order valence-corrected chi connectivity index (χ2v) is 17.9. The molecule has 2 heterocycles. The smallest absolute Gasteiger partial charge is 0.610 e. The average molecular weight is 854 g/mol. The first-order valence-electron chi connectivity index (χ1n) is 21.2. The van der Waals surface area contributed by atoms with Gasteiger partial charge in [0, 0.05) is 55.9 Å². The van der Waals surface area contributed by atoms with Crippen molar-refractivity contribution >= 4 is 61.6 Å². The molecule has 1 unspecified atom stereocenters. The Bertz CT molecular complexity index is 3630. The van der Waals surface area contributed by atoms with Gasteiger partial charge in [0.25, 0.3) is 0 Å². The lowest BCUT2D eigenvalue weighted by Gasteiger charge is -2.49. The van der Waals surface area contributed by atoms with E-state index in [1.54, 1.807) is 19.9 Å². The van der Waals surface area contributed by atoms with Gasteiger partial charge in [0.2, 0.25) is 11.6 Å². The first-order valence-corrected chi connectivity index (χ1v) is 21.2. The van der Waals surface area contributed by atoms with Crippen LogP contribution in [0.2, 0.25) is 0 Å². The lowest BCUT2D eigenvalue weighted by Crippen LogP contribution is -2.62. The van der Waals surface area contributed by atoms with E-state index in [9.17, 15) is 40.2 Å². The number of aryl methyl sites for hydroxylation is 2. The third kappa shape index (κ3) is 4.62. The minimum atomic E-state index is -3.59. The zero-order valence-corrected chi connectivity index (χ0v) is 35.3. The normalized spacial score (nSPS) is 16.8. The Kier molecular flexibility index (Phi) is 7.24. The van der Waals surface area contributed by atoms with Crippen LogP contribution in [-0.4, -0.2) is 49.2 Å². The molecule has 0 saturated heterocycles. The zero-order valence-electron chi connectivity index (χ0n) is 35.3. The Morgan fingerprint density at radius 2 is 0.906 bits per heavy atom. The van der Waals surface area contributed by atoms with Crippen molar-refractivity contribution in [2.24, 2.45) is 0 Å². The highest BCUT2D eigenvalue weighted by Gasteiger charge is 2.52. The van der Waals surface area contributed by atoms with Crippen LogP contribution in [0.4, 0.5) is 0 Å². The van der Waals surface area contributed by atoms with Crippen molar-refractivity contribution in [3.63, 3.8) is 0 Å². The molecule has 2 aliphatic carbocycles. The molecule has 8 aromatic rings. The number of phenols is 6. The topological polar surface area (TPSA) is 192 Å². The molecule has 8 aromatic carbocycles. The molecule has 1 spiro atoms. The maximum atomic E-state index is 14.6. The lowest BCUT2D eigenvalue weighted by atomic mass is 9.76. The second kappa shape index (κ2) is 12.2. The van der Waals surface area contributed by atoms with Crippen molar-refractivity contribution in [1.29, 1.82) is 0 Å². The fourth-order valence-electron chi connectivity index (χ4n) is 10.7. The number of ketones is 2. The van der Waals surface area contributed by atoms with Crippen LogP contribution in [0.5, 0.6) is 57.5 Å². The van der Waals surface area contributed by atoms with Crippen LogP contribution in [0.15, 0.2) is 60.7 Å².